The average Bonchev–Trinajstić information content (AvgIpc) is 3.56. The number of amides is 4. The molecule has 0 saturated heterocycles. The lowest BCUT2D eigenvalue weighted by Gasteiger charge is -2.37. The van der Waals surface area contributed by atoms with Gasteiger partial charge in [-0.2, -0.15) is 8.78 Å². The van der Waals surface area contributed by atoms with E-state index in [1.807, 2.05) is 0 Å². The Balaban J connectivity index is 1.65. The van der Waals surface area contributed by atoms with Gasteiger partial charge in [-0.15, -0.1) is 0 Å². The molecule has 0 aliphatic carbocycles. The SMILES string of the molecule is CC(C)C[C@@H](C(=O)O)N(C(=O)CNC(=O)[C@@H](Cc1c[nH]c2ccccc12)NC(=O)[C@@H](N)Cc1ccc(O)cc1)C(=O)[C@@](F)(N(F)F)C(F)(F)c1ccccc1. The third-order valence-electron chi connectivity index (χ3n) is 8.72. The summed E-state index contributed by atoms with van der Waals surface area (Å²) >= 11 is 0. The summed E-state index contributed by atoms with van der Waals surface area (Å²) in [5.41, 5.74) is 6.45. The Morgan fingerprint density at radius 1 is 0.873 bits per heavy atom. The Hall–Kier alpha value is -5.88. The number of aromatic nitrogens is 1. The van der Waals surface area contributed by atoms with Crippen molar-refractivity contribution in [1.82, 2.24) is 25.9 Å². The van der Waals surface area contributed by atoms with Crippen LogP contribution >= 0.6 is 0 Å². The molecule has 0 aliphatic rings. The van der Waals surface area contributed by atoms with Gasteiger partial charge in [0, 0.05) is 29.1 Å². The van der Waals surface area contributed by atoms with Crippen LogP contribution in [0.25, 0.3) is 10.9 Å². The number of carbonyl (C=O) groups is 5. The monoisotopic (exact) mass is 774 g/mol. The van der Waals surface area contributed by atoms with Crippen molar-refractivity contribution in [2.75, 3.05) is 6.54 Å². The van der Waals surface area contributed by atoms with E-state index in [4.69, 9.17) is 5.73 Å². The molecule has 55 heavy (non-hydrogen) atoms. The van der Waals surface area contributed by atoms with Crippen molar-refractivity contribution in [1.29, 1.82) is 0 Å². The molecule has 0 bridgehead atoms. The van der Waals surface area contributed by atoms with E-state index in [9.17, 15) is 43.1 Å². The van der Waals surface area contributed by atoms with Crippen molar-refractivity contribution in [3.63, 3.8) is 0 Å². The summed E-state index contributed by atoms with van der Waals surface area (Å²) in [6.45, 7) is 1.44. The summed E-state index contributed by atoms with van der Waals surface area (Å²) in [4.78, 5) is 69.0. The van der Waals surface area contributed by atoms with E-state index in [0.29, 0.717) is 34.2 Å². The number of H-pyrrole nitrogens is 1. The largest absolute Gasteiger partial charge is 0.508 e. The second-order valence-electron chi connectivity index (χ2n) is 13.2. The van der Waals surface area contributed by atoms with Gasteiger partial charge < -0.3 is 31.6 Å². The lowest BCUT2D eigenvalue weighted by atomic mass is 9.95. The molecule has 0 unspecified atom stereocenters. The summed E-state index contributed by atoms with van der Waals surface area (Å²) in [6, 6.07) is 11.8. The van der Waals surface area contributed by atoms with Crippen LogP contribution in [0.5, 0.6) is 5.75 Å². The maximum Gasteiger partial charge on any atom is 0.365 e. The van der Waals surface area contributed by atoms with E-state index in [1.165, 1.54) is 44.2 Å². The first-order valence-electron chi connectivity index (χ1n) is 16.9. The van der Waals surface area contributed by atoms with Gasteiger partial charge in [0.15, 0.2) is 0 Å². The van der Waals surface area contributed by atoms with Crippen LogP contribution in [-0.4, -0.2) is 85.5 Å². The lowest BCUT2D eigenvalue weighted by molar-refractivity contribution is -0.337. The molecule has 0 aliphatic heterocycles. The minimum atomic E-state index is -5.60. The standard InChI is InChI=1S/C37H39F5N6O7/c1-21(2)16-30(34(53)54)47(35(55)37(40,48(41)42)36(38,39)24-8-4-3-5-9-24)31(50)20-45-33(52)29(18-23-19-44-28-11-7-6-10-26(23)28)46-32(51)27(43)17-22-12-14-25(49)15-13-22/h3-15,19,21,27,29-30,44,49H,16-18,20,43H2,1-2H3,(H,45,52)(H,46,51)(H,53,54)/t27-,29+,30-,37+/m0/s1. The van der Waals surface area contributed by atoms with Crippen molar-refractivity contribution in [2.45, 2.75) is 63.0 Å². The highest BCUT2D eigenvalue weighted by atomic mass is 19.4. The fraction of sp³-hybridized carbons (Fsp3) is 0.324. The number of nitrogens with one attached hydrogen (secondary N) is 3. The Morgan fingerprint density at radius 2 is 1.49 bits per heavy atom. The fourth-order valence-corrected chi connectivity index (χ4v) is 5.86. The predicted octanol–water partition coefficient (Wildman–Crippen LogP) is 3.97. The van der Waals surface area contributed by atoms with E-state index in [2.05, 4.69) is 15.6 Å². The predicted molar refractivity (Wildman–Crippen MR) is 188 cm³/mol. The maximum atomic E-state index is 16.1. The van der Waals surface area contributed by atoms with Crippen LogP contribution < -0.4 is 16.4 Å². The number of hydrogen-bond donors (Lipinski definition) is 6. The number of aliphatic carboxylic acids is 1. The van der Waals surface area contributed by atoms with E-state index in [0.717, 1.165) is 12.1 Å². The highest BCUT2D eigenvalue weighted by molar-refractivity contribution is 6.04. The van der Waals surface area contributed by atoms with E-state index in [1.54, 1.807) is 30.5 Å². The number of phenolic OH excluding ortho intramolecular Hbond substituents is 1. The number of para-hydroxylation sites is 1. The number of hydrogen-bond acceptors (Lipinski definition) is 8. The summed E-state index contributed by atoms with van der Waals surface area (Å²) in [7, 11) is 0. The van der Waals surface area contributed by atoms with Crippen LogP contribution in [0.3, 0.4) is 0 Å². The van der Waals surface area contributed by atoms with E-state index in [-0.39, 0.29) is 18.6 Å². The van der Waals surface area contributed by atoms with Gasteiger partial charge in [-0.05, 0) is 48.1 Å². The number of halogens is 5. The van der Waals surface area contributed by atoms with Crippen molar-refractivity contribution in [2.24, 2.45) is 11.7 Å². The third kappa shape index (κ3) is 9.44. The molecule has 1 heterocycles. The van der Waals surface area contributed by atoms with E-state index >= 15 is 13.2 Å². The van der Waals surface area contributed by atoms with Crippen LogP contribution in [0, 0.1) is 5.92 Å². The number of aromatic amines is 1. The van der Waals surface area contributed by atoms with E-state index < -0.39 is 94.1 Å². The van der Waals surface area contributed by atoms with Crippen LogP contribution in [0.4, 0.5) is 22.1 Å². The van der Waals surface area contributed by atoms with Gasteiger partial charge in [-0.25, -0.2) is 9.18 Å². The van der Waals surface area contributed by atoms with Gasteiger partial charge in [0.05, 0.1) is 17.9 Å². The number of aromatic hydroxyl groups is 1. The summed E-state index contributed by atoms with van der Waals surface area (Å²) in [5, 5.41) is 22.0. The Bertz CT molecular complexity index is 2000. The van der Waals surface area contributed by atoms with Crippen LogP contribution in [0.1, 0.15) is 37.0 Å². The topological polar surface area (TPSA) is 198 Å². The van der Waals surface area contributed by atoms with Gasteiger partial charge in [-0.1, -0.05) is 83.5 Å². The second-order valence-corrected chi connectivity index (χ2v) is 13.2. The number of carboxylic acid groups (broad SMARTS) is 1. The number of carboxylic acids is 1. The fourth-order valence-electron chi connectivity index (χ4n) is 5.86. The lowest BCUT2D eigenvalue weighted by Crippen LogP contribution is -2.65. The van der Waals surface area contributed by atoms with Gasteiger partial charge in [0.2, 0.25) is 17.7 Å². The van der Waals surface area contributed by atoms with Gasteiger partial charge >= 0.3 is 17.7 Å². The molecule has 1 aromatic heterocycles. The first-order chi connectivity index (χ1) is 25.9. The number of rotatable bonds is 17. The number of fused-ring (bicyclic) bond motifs is 1. The molecule has 4 amide bonds. The average molecular weight is 775 g/mol. The molecule has 0 spiro atoms. The first-order valence-corrected chi connectivity index (χ1v) is 16.9. The molecule has 0 saturated carbocycles. The Labute approximate surface area is 311 Å². The van der Waals surface area contributed by atoms with Gasteiger partial charge in [0.1, 0.15) is 17.8 Å². The van der Waals surface area contributed by atoms with Crippen LogP contribution in [-0.2, 0) is 42.7 Å². The molecule has 4 aromatic rings. The molecule has 18 heteroatoms. The zero-order valence-corrected chi connectivity index (χ0v) is 29.5. The normalized spacial score (nSPS) is 14.5. The molecule has 4 rings (SSSR count). The first kappa shape index (κ1) is 41.9. The van der Waals surface area contributed by atoms with Crippen molar-refractivity contribution in [3.05, 3.63) is 102 Å². The summed E-state index contributed by atoms with van der Waals surface area (Å²) in [5.74, 6) is -20.4. The summed E-state index contributed by atoms with van der Waals surface area (Å²) < 4.78 is 75.8. The van der Waals surface area contributed by atoms with Crippen LogP contribution in [0.15, 0.2) is 85.1 Å². The molecular formula is C37H39F5N6O7. The minimum Gasteiger partial charge on any atom is -0.508 e. The number of carbonyl (C=O) groups excluding carboxylic acids is 4. The number of alkyl halides is 3. The zero-order valence-electron chi connectivity index (χ0n) is 29.5. The Kier molecular flexibility index (Phi) is 13.3. The minimum absolute atomic E-state index is 0.0280. The number of phenols is 1. The van der Waals surface area contributed by atoms with Crippen molar-refractivity contribution >= 4 is 40.5 Å². The van der Waals surface area contributed by atoms with Gasteiger partial charge in [0.25, 0.3) is 5.91 Å². The third-order valence-corrected chi connectivity index (χ3v) is 8.72. The summed E-state index contributed by atoms with van der Waals surface area (Å²) in [6.07, 6.45) is 0.611. The number of nitrogens with two attached hydrogens (primary N) is 1. The molecular weight excluding hydrogens is 735 g/mol. The highest BCUT2D eigenvalue weighted by Gasteiger charge is 2.70. The Morgan fingerprint density at radius 3 is 2.09 bits per heavy atom. The zero-order chi connectivity index (χ0) is 40.7. The van der Waals surface area contributed by atoms with Crippen LogP contribution in [0.2, 0.25) is 0 Å². The molecule has 0 radical (unpaired) electrons. The number of benzene rings is 3. The second kappa shape index (κ2) is 17.5. The molecule has 7 N–H and O–H groups in total. The van der Waals surface area contributed by atoms with Crippen molar-refractivity contribution in [3.8, 4) is 5.75 Å². The molecule has 13 nitrogen and oxygen atoms in total. The smallest absolute Gasteiger partial charge is 0.365 e. The maximum absolute atomic E-state index is 16.1. The number of nitrogens with zero attached hydrogens (tertiary/aromatic N) is 2. The highest BCUT2D eigenvalue weighted by Crippen LogP contribution is 2.46. The van der Waals surface area contributed by atoms with Gasteiger partial charge in [-0.3, -0.25) is 24.1 Å². The molecule has 0 fully saturated rings. The molecule has 294 valence electrons. The van der Waals surface area contributed by atoms with Crippen molar-refractivity contribution < 1.29 is 56.3 Å². The number of imide groups is 1. The molecule has 4 atom stereocenters. The quantitative estimate of drug-likeness (QED) is 0.0522. The molecule has 3 aromatic carbocycles.